The van der Waals surface area contributed by atoms with Gasteiger partial charge in [-0.1, -0.05) is 19.8 Å². The Morgan fingerprint density at radius 2 is 2.00 bits per heavy atom. The van der Waals surface area contributed by atoms with Crippen LogP contribution in [0, 0.1) is 0 Å². The summed E-state index contributed by atoms with van der Waals surface area (Å²) < 4.78 is 15.1. The fourth-order valence-corrected chi connectivity index (χ4v) is 1.58. The van der Waals surface area contributed by atoms with Crippen LogP contribution in [0.1, 0.15) is 46.5 Å². The molecule has 0 heterocycles. The Balaban J connectivity index is 4.01. The third kappa shape index (κ3) is 5.43. The molecule has 0 aromatic carbocycles. The molecule has 0 aromatic heterocycles. The molecule has 82 valence electrons. The van der Waals surface area contributed by atoms with Crippen LogP contribution in [0.2, 0.25) is 0 Å². The summed E-state index contributed by atoms with van der Waals surface area (Å²) in [5.41, 5.74) is -1.14. The molecule has 5 heteroatoms. The number of unbranched alkanes of at least 4 members (excludes halogenated alkanes) is 2. The number of rotatable bonds is 7. The Kier molecular flexibility index (Phi) is 6.09. The summed E-state index contributed by atoms with van der Waals surface area (Å²) in [6.07, 6.45) is 3.25. The highest BCUT2D eigenvalue weighted by molar-refractivity contribution is 7.32. The highest BCUT2D eigenvalue weighted by atomic mass is 31.1. The van der Waals surface area contributed by atoms with Crippen LogP contribution < -0.4 is 0 Å². The normalized spacial score (nSPS) is 12.7. The maximum atomic E-state index is 11.5. The van der Waals surface area contributed by atoms with E-state index in [1.807, 2.05) is 0 Å². The molecule has 0 rings (SSSR count). The van der Waals surface area contributed by atoms with Gasteiger partial charge in [0, 0.05) is 11.0 Å². The molecule has 0 amide bonds. The minimum absolute atomic E-state index is 0.122. The molecule has 0 aliphatic heterocycles. The van der Waals surface area contributed by atoms with E-state index in [1.54, 1.807) is 0 Å². The second kappa shape index (κ2) is 6.23. The van der Waals surface area contributed by atoms with Gasteiger partial charge in [-0.05, 0) is 20.3 Å². The van der Waals surface area contributed by atoms with Crippen molar-refractivity contribution in [3.8, 4) is 0 Å². The Hall–Kier alpha value is -0.310. The van der Waals surface area contributed by atoms with Crippen molar-refractivity contribution in [3.05, 3.63) is 0 Å². The van der Waals surface area contributed by atoms with E-state index in [1.165, 1.54) is 13.8 Å². The summed E-state index contributed by atoms with van der Waals surface area (Å²) in [5.74, 6) is -0.122. The summed E-state index contributed by atoms with van der Waals surface area (Å²) in [6.45, 7) is 5.09. The van der Waals surface area contributed by atoms with Gasteiger partial charge in [0.05, 0.1) is 0 Å². The van der Waals surface area contributed by atoms with Gasteiger partial charge < -0.3 is 0 Å². The maximum absolute atomic E-state index is 11.5. The number of hydrogen-bond acceptors (Lipinski definition) is 3. The van der Waals surface area contributed by atoms with Crippen molar-refractivity contribution < 1.29 is 18.8 Å². The van der Waals surface area contributed by atoms with Gasteiger partial charge in [-0.3, -0.25) is 4.79 Å². The summed E-state index contributed by atoms with van der Waals surface area (Å²) in [7, 11) is -2.71. The van der Waals surface area contributed by atoms with Gasteiger partial charge in [-0.2, -0.15) is 0 Å². The fourth-order valence-electron chi connectivity index (χ4n) is 1.08. The van der Waals surface area contributed by atoms with Crippen molar-refractivity contribution in [2.75, 3.05) is 0 Å². The zero-order valence-corrected chi connectivity index (χ0v) is 9.84. The zero-order valence-electron chi connectivity index (χ0n) is 8.95. The monoisotopic (exact) mass is 221 g/mol. The first kappa shape index (κ1) is 13.7. The van der Waals surface area contributed by atoms with Crippen LogP contribution in [-0.4, -0.2) is 16.3 Å². The number of hydrogen-bond donors (Lipinski definition) is 1. The van der Waals surface area contributed by atoms with E-state index >= 15 is 0 Å². The summed E-state index contributed by atoms with van der Waals surface area (Å²) >= 11 is 0. The van der Waals surface area contributed by atoms with Crippen molar-refractivity contribution in [1.29, 1.82) is 0 Å². The molecule has 4 nitrogen and oxygen atoms in total. The first-order chi connectivity index (χ1) is 6.40. The van der Waals surface area contributed by atoms with Crippen LogP contribution in [0.25, 0.3) is 0 Å². The third-order valence-corrected chi connectivity index (χ3v) is 2.60. The van der Waals surface area contributed by atoms with Crippen LogP contribution in [-0.2, 0) is 13.9 Å². The molecular formula is C9H18O4P+. The predicted octanol–water partition coefficient (Wildman–Crippen LogP) is 2.58. The SMILES string of the molecule is CCCCCC(=O)C(C)(C)O[P+](=O)O. The molecule has 0 radical (unpaired) electrons. The molecule has 0 aliphatic rings. The lowest BCUT2D eigenvalue weighted by atomic mass is 9.99. The summed E-state index contributed by atoms with van der Waals surface area (Å²) in [5, 5.41) is 0. The lowest BCUT2D eigenvalue weighted by molar-refractivity contribution is -0.132. The average molecular weight is 221 g/mol. The molecule has 1 N–H and O–H groups in total. The lowest BCUT2D eigenvalue weighted by Gasteiger charge is -2.14. The highest BCUT2D eigenvalue weighted by Crippen LogP contribution is 2.27. The molecule has 0 fully saturated rings. The Bertz CT molecular complexity index is 213. The van der Waals surface area contributed by atoms with Crippen LogP contribution >= 0.6 is 8.25 Å². The van der Waals surface area contributed by atoms with Crippen LogP contribution in [0.3, 0.4) is 0 Å². The molecule has 0 saturated heterocycles. The molecule has 0 aromatic rings. The standard InChI is InChI=1S/C9H17O4P/c1-4-5-6-7-8(10)9(2,3)13-14(11)12/h4-7H2,1-3H3/p+1. The first-order valence-electron chi connectivity index (χ1n) is 4.78. The Labute approximate surface area is 85.6 Å². The molecule has 0 bridgehead atoms. The quantitative estimate of drug-likeness (QED) is 0.530. The molecule has 0 saturated carbocycles. The van der Waals surface area contributed by atoms with Gasteiger partial charge in [0.25, 0.3) is 0 Å². The van der Waals surface area contributed by atoms with Gasteiger partial charge in [-0.25, -0.2) is 0 Å². The first-order valence-corrected chi connectivity index (χ1v) is 5.91. The zero-order chi connectivity index (χ0) is 11.2. The lowest BCUT2D eigenvalue weighted by Crippen LogP contribution is -2.32. The van der Waals surface area contributed by atoms with Crippen LogP contribution in [0.5, 0.6) is 0 Å². The molecular weight excluding hydrogens is 203 g/mol. The van der Waals surface area contributed by atoms with Gasteiger partial charge in [0.1, 0.15) is 0 Å². The highest BCUT2D eigenvalue weighted by Gasteiger charge is 2.37. The van der Waals surface area contributed by atoms with Crippen molar-refractivity contribution in [2.24, 2.45) is 0 Å². The Morgan fingerprint density at radius 1 is 1.43 bits per heavy atom. The van der Waals surface area contributed by atoms with E-state index in [-0.39, 0.29) is 5.78 Å². The minimum atomic E-state index is -2.71. The molecule has 14 heavy (non-hydrogen) atoms. The predicted molar refractivity (Wildman–Crippen MR) is 54.1 cm³/mol. The van der Waals surface area contributed by atoms with E-state index in [9.17, 15) is 9.36 Å². The van der Waals surface area contributed by atoms with Gasteiger partial charge >= 0.3 is 8.25 Å². The molecule has 1 atom stereocenters. The largest absolute Gasteiger partial charge is 0.695 e. The number of carbonyl (C=O) groups is 1. The van der Waals surface area contributed by atoms with E-state index in [4.69, 9.17) is 4.89 Å². The Morgan fingerprint density at radius 3 is 2.43 bits per heavy atom. The van der Waals surface area contributed by atoms with Crippen molar-refractivity contribution in [2.45, 2.75) is 52.1 Å². The molecule has 0 spiro atoms. The summed E-state index contributed by atoms with van der Waals surface area (Å²) in [4.78, 5) is 20.1. The topological polar surface area (TPSA) is 63.6 Å². The van der Waals surface area contributed by atoms with Crippen molar-refractivity contribution >= 4 is 14.0 Å². The van der Waals surface area contributed by atoms with Crippen LogP contribution in [0.4, 0.5) is 0 Å². The van der Waals surface area contributed by atoms with Crippen molar-refractivity contribution in [1.82, 2.24) is 0 Å². The van der Waals surface area contributed by atoms with E-state index in [2.05, 4.69) is 11.4 Å². The molecule has 1 unspecified atom stereocenters. The number of ketones is 1. The third-order valence-electron chi connectivity index (χ3n) is 1.99. The van der Waals surface area contributed by atoms with Crippen molar-refractivity contribution in [3.63, 3.8) is 0 Å². The second-order valence-electron chi connectivity index (χ2n) is 3.72. The smallest absolute Gasteiger partial charge is 0.296 e. The van der Waals surface area contributed by atoms with Gasteiger partial charge in [0.2, 0.25) is 0 Å². The van der Waals surface area contributed by atoms with E-state index in [0.29, 0.717) is 6.42 Å². The summed E-state index contributed by atoms with van der Waals surface area (Å²) in [6, 6.07) is 0. The van der Waals surface area contributed by atoms with E-state index in [0.717, 1.165) is 19.3 Å². The van der Waals surface area contributed by atoms with Crippen LogP contribution in [0.15, 0.2) is 0 Å². The fraction of sp³-hybridized carbons (Fsp3) is 0.889. The number of Topliss-reactive ketones (excluding diaryl/α,β-unsaturated/α-hetero) is 1. The maximum Gasteiger partial charge on any atom is 0.695 e. The number of carbonyl (C=O) groups excluding carboxylic acids is 1. The van der Waals surface area contributed by atoms with Gasteiger partial charge in [-0.15, -0.1) is 9.42 Å². The second-order valence-corrected chi connectivity index (χ2v) is 4.38. The average Bonchev–Trinajstić information content (AvgIpc) is 2.02. The van der Waals surface area contributed by atoms with Gasteiger partial charge in [0.15, 0.2) is 11.4 Å². The molecule has 0 aliphatic carbocycles. The minimum Gasteiger partial charge on any atom is -0.296 e. The van der Waals surface area contributed by atoms with E-state index < -0.39 is 13.9 Å².